The molecule has 23 heavy (non-hydrogen) atoms. The summed E-state index contributed by atoms with van der Waals surface area (Å²) in [5.41, 5.74) is 0. The zero-order valence-electron chi connectivity index (χ0n) is 15.2. The monoisotopic (exact) mass is 334 g/mol. The van der Waals surface area contributed by atoms with Crippen LogP contribution in [0, 0.1) is 0 Å². The average Bonchev–Trinajstić information content (AvgIpc) is 2.51. The maximum Gasteiger partial charge on any atom is 0.305 e. The number of rotatable bonds is 8. The van der Waals surface area contributed by atoms with Crippen LogP contribution in [-0.2, 0) is 19.0 Å². The molecular formula is C17H34O6. The summed E-state index contributed by atoms with van der Waals surface area (Å²) in [6.07, 6.45) is 0.512. The summed E-state index contributed by atoms with van der Waals surface area (Å²) in [5, 5.41) is 19.4. The lowest BCUT2D eigenvalue weighted by molar-refractivity contribution is -0.273. The Morgan fingerprint density at radius 2 is 1.91 bits per heavy atom. The fourth-order valence-electron chi connectivity index (χ4n) is 2.30. The number of hydrogen-bond donors (Lipinski definition) is 2. The molecule has 1 rings (SSSR count). The first-order valence-electron chi connectivity index (χ1n) is 8.76. The Morgan fingerprint density at radius 3 is 2.52 bits per heavy atom. The Bertz CT molecular complexity index is 309. The minimum absolute atomic E-state index is 0.0747. The quantitative estimate of drug-likeness (QED) is 0.524. The van der Waals surface area contributed by atoms with Gasteiger partial charge in [-0.05, 0) is 33.6 Å². The van der Waals surface area contributed by atoms with E-state index in [9.17, 15) is 15.0 Å². The molecule has 2 N–H and O–H groups in total. The van der Waals surface area contributed by atoms with Crippen LogP contribution in [0.2, 0.25) is 0 Å². The summed E-state index contributed by atoms with van der Waals surface area (Å²) in [7, 11) is 0. The Kier molecular flexibility index (Phi) is 12.3. The SMILES string of the molecule is CC.CCOC(=O)CCCC[C@@H](C)OC1O[C@@H](C)C(O)C[C@H]1O. The van der Waals surface area contributed by atoms with Gasteiger partial charge < -0.3 is 24.4 Å². The molecule has 0 aromatic heterocycles. The molecule has 1 saturated heterocycles. The van der Waals surface area contributed by atoms with E-state index < -0.39 is 18.5 Å². The number of hydrogen-bond acceptors (Lipinski definition) is 6. The van der Waals surface area contributed by atoms with Crippen LogP contribution in [0.3, 0.4) is 0 Å². The maximum atomic E-state index is 11.2. The molecule has 0 saturated carbocycles. The zero-order valence-corrected chi connectivity index (χ0v) is 15.2. The molecule has 0 bridgehead atoms. The normalized spacial score (nSPS) is 28.5. The third-order valence-corrected chi connectivity index (χ3v) is 3.60. The highest BCUT2D eigenvalue weighted by Crippen LogP contribution is 2.23. The molecule has 2 unspecified atom stereocenters. The number of carbonyl (C=O) groups is 1. The van der Waals surface area contributed by atoms with Crippen molar-refractivity contribution in [2.75, 3.05) is 6.61 Å². The van der Waals surface area contributed by atoms with Gasteiger partial charge in [0.2, 0.25) is 0 Å². The molecule has 6 heteroatoms. The number of unbranched alkanes of at least 4 members (excludes halogenated alkanes) is 1. The second-order valence-corrected chi connectivity index (χ2v) is 5.58. The molecule has 138 valence electrons. The van der Waals surface area contributed by atoms with Crippen LogP contribution in [0.15, 0.2) is 0 Å². The third kappa shape index (κ3) is 9.25. The first-order valence-corrected chi connectivity index (χ1v) is 8.76. The van der Waals surface area contributed by atoms with Crippen LogP contribution in [0.25, 0.3) is 0 Å². The number of esters is 1. The summed E-state index contributed by atoms with van der Waals surface area (Å²) >= 11 is 0. The number of aliphatic hydroxyl groups excluding tert-OH is 2. The molecule has 6 nitrogen and oxygen atoms in total. The lowest BCUT2D eigenvalue weighted by Crippen LogP contribution is -2.48. The van der Waals surface area contributed by atoms with Crippen molar-refractivity contribution in [3.63, 3.8) is 0 Å². The van der Waals surface area contributed by atoms with Gasteiger partial charge in [0.05, 0.1) is 24.9 Å². The third-order valence-electron chi connectivity index (χ3n) is 3.60. The average molecular weight is 334 g/mol. The van der Waals surface area contributed by atoms with Crippen molar-refractivity contribution in [3.8, 4) is 0 Å². The lowest BCUT2D eigenvalue weighted by atomic mass is 10.0. The van der Waals surface area contributed by atoms with E-state index in [2.05, 4.69) is 0 Å². The summed E-state index contributed by atoms with van der Waals surface area (Å²) in [4.78, 5) is 11.2. The van der Waals surface area contributed by atoms with Crippen molar-refractivity contribution < 1.29 is 29.2 Å². The molecular weight excluding hydrogens is 300 g/mol. The van der Waals surface area contributed by atoms with Gasteiger partial charge in [-0.25, -0.2) is 0 Å². The van der Waals surface area contributed by atoms with Crippen molar-refractivity contribution in [1.29, 1.82) is 0 Å². The van der Waals surface area contributed by atoms with Gasteiger partial charge in [0.25, 0.3) is 0 Å². The molecule has 1 aliphatic heterocycles. The molecule has 1 fully saturated rings. The Labute approximate surface area is 140 Å². The van der Waals surface area contributed by atoms with E-state index in [-0.39, 0.29) is 24.6 Å². The summed E-state index contributed by atoms with van der Waals surface area (Å²) in [6, 6.07) is 0. The van der Waals surface area contributed by atoms with Gasteiger partial charge in [-0.1, -0.05) is 20.3 Å². The van der Waals surface area contributed by atoms with E-state index in [1.54, 1.807) is 13.8 Å². The summed E-state index contributed by atoms with van der Waals surface area (Å²) in [6.45, 7) is 9.88. The van der Waals surface area contributed by atoms with Gasteiger partial charge in [0.15, 0.2) is 6.29 Å². The van der Waals surface area contributed by atoms with Gasteiger partial charge in [0, 0.05) is 12.8 Å². The van der Waals surface area contributed by atoms with Crippen LogP contribution < -0.4 is 0 Å². The molecule has 1 heterocycles. The number of ether oxygens (including phenoxy) is 3. The van der Waals surface area contributed by atoms with Crippen molar-refractivity contribution in [2.45, 2.75) is 97.4 Å². The largest absolute Gasteiger partial charge is 0.466 e. The second-order valence-electron chi connectivity index (χ2n) is 5.58. The number of aliphatic hydroxyl groups is 2. The Hall–Kier alpha value is -0.690. The molecule has 5 atom stereocenters. The van der Waals surface area contributed by atoms with Gasteiger partial charge in [-0.3, -0.25) is 4.79 Å². The van der Waals surface area contributed by atoms with Crippen molar-refractivity contribution in [2.24, 2.45) is 0 Å². The molecule has 0 aromatic rings. The molecule has 0 aliphatic carbocycles. The summed E-state index contributed by atoms with van der Waals surface area (Å²) in [5.74, 6) is -0.167. The topological polar surface area (TPSA) is 85.2 Å². The van der Waals surface area contributed by atoms with E-state index in [0.29, 0.717) is 13.0 Å². The highest BCUT2D eigenvalue weighted by molar-refractivity contribution is 5.69. The fourth-order valence-corrected chi connectivity index (χ4v) is 2.30. The van der Waals surface area contributed by atoms with E-state index in [4.69, 9.17) is 14.2 Å². The Morgan fingerprint density at radius 1 is 1.26 bits per heavy atom. The minimum Gasteiger partial charge on any atom is -0.466 e. The molecule has 0 amide bonds. The lowest BCUT2D eigenvalue weighted by Gasteiger charge is -2.36. The van der Waals surface area contributed by atoms with Crippen LogP contribution in [0.4, 0.5) is 0 Å². The zero-order chi connectivity index (χ0) is 17.8. The van der Waals surface area contributed by atoms with Crippen LogP contribution in [-0.4, -0.2) is 53.5 Å². The van der Waals surface area contributed by atoms with Crippen molar-refractivity contribution in [3.05, 3.63) is 0 Å². The van der Waals surface area contributed by atoms with Crippen LogP contribution in [0.5, 0.6) is 0 Å². The smallest absolute Gasteiger partial charge is 0.305 e. The standard InChI is InChI=1S/C15H28O6.C2H6/c1-4-19-14(18)8-6-5-7-10(2)20-15-13(17)9-12(16)11(3)21-15;1-2/h10-13,15-17H,4-9H2,1-3H3;1-2H3/t10-,11+,12?,13-,15?;/m1./s1. The van der Waals surface area contributed by atoms with Gasteiger partial charge >= 0.3 is 5.97 Å². The van der Waals surface area contributed by atoms with Crippen molar-refractivity contribution >= 4 is 5.97 Å². The van der Waals surface area contributed by atoms with E-state index >= 15 is 0 Å². The highest BCUT2D eigenvalue weighted by Gasteiger charge is 2.35. The predicted octanol–water partition coefficient (Wildman–Crippen LogP) is 2.40. The molecule has 0 radical (unpaired) electrons. The first kappa shape index (κ1) is 22.3. The highest BCUT2D eigenvalue weighted by atomic mass is 16.7. The first-order chi connectivity index (χ1) is 10.9. The Balaban J connectivity index is 0.00000232. The van der Waals surface area contributed by atoms with Gasteiger partial charge in [-0.2, -0.15) is 0 Å². The van der Waals surface area contributed by atoms with Gasteiger partial charge in [0.1, 0.15) is 6.10 Å². The van der Waals surface area contributed by atoms with Crippen molar-refractivity contribution in [1.82, 2.24) is 0 Å². The molecule has 0 aromatic carbocycles. The van der Waals surface area contributed by atoms with E-state index in [0.717, 1.165) is 19.3 Å². The van der Waals surface area contributed by atoms with E-state index in [1.807, 2.05) is 20.8 Å². The maximum absolute atomic E-state index is 11.2. The fraction of sp³-hybridized carbons (Fsp3) is 0.941. The van der Waals surface area contributed by atoms with Gasteiger partial charge in [-0.15, -0.1) is 0 Å². The molecule has 1 aliphatic rings. The second kappa shape index (κ2) is 12.7. The summed E-state index contributed by atoms with van der Waals surface area (Å²) < 4.78 is 16.0. The van der Waals surface area contributed by atoms with E-state index in [1.165, 1.54) is 0 Å². The number of carbonyl (C=O) groups excluding carboxylic acids is 1. The molecule has 0 spiro atoms. The van der Waals surface area contributed by atoms with Crippen LogP contribution >= 0.6 is 0 Å². The minimum atomic E-state index is -0.807. The predicted molar refractivity (Wildman–Crippen MR) is 88.0 cm³/mol. The van der Waals surface area contributed by atoms with Crippen LogP contribution in [0.1, 0.15) is 66.7 Å².